The standard InChI is InChI=1S/C21H26N4O2/c22-11-5-13-26-24-20-15-21(25-27-14-6-12-23)19-10-4-2-8-17(19)16-7-1-3-9-18(16)20/h1-4,7-10H,5-6,11-15,22-23H2. The highest BCUT2D eigenvalue weighted by atomic mass is 16.6. The van der Waals surface area contributed by atoms with Crippen molar-refractivity contribution in [2.45, 2.75) is 19.3 Å². The maximum Gasteiger partial charge on any atom is 0.118 e. The first-order valence-electron chi connectivity index (χ1n) is 9.32. The van der Waals surface area contributed by atoms with Gasteiger partial charge in [0.05, 0.1) is 11.4 Å². The summed E-state index contributed by atoms with van der Waals surface area (Å²) in [4.78, 5) is 11.0. The van der Waals surface area contributed by atoms with Gasteiger partial charge in [0, 0.05) is 17.5 Å². The third-order valence-electron chi connectivity index (χ3n) is 4.33. The van der Waals surface area contributed by atoms with Gasteiger partial charge in [0.25, 0.3) is 0 Å². The Balaban J connectivity index is 2.00. The fourth-order valence-corrected chi connectivity index (χ4v) is 2.99. The van der Waals surface area contributed by atoms with Crippen LogP contribution >= 0.6 is 0 Å². The molecule has 2 aromatic rings. The van der Waals surface area contributed by atoms with Crippen LogP contribution in [0.15, 0.2) is 58.8 Å². The lowest BCUT2D eigenvalue weighted by molar-refractivity contribution is 0.141. The Hall–Kier alpha value is -2.70. The van der Waals surface area contributed by atoms with E-state index in [-0.39, 0.29) is 0 Å². The summed E-state index contributed by atoms with van der Waals surface area (Å²) in [6.07, 6.45) is 2.06. The van der Waals surface area contributed by atoms with Crippen LogP contribution in [-0.4, -0.2) is 37.7 Å². The van der Waals surface area contributed by atoms with Crippen molar-refractivity contribution in [1.29, 1.82) is 0 Å². The van der Waals surface area contributed by atoms with Gasteiger partial charge in [-0.05, 0) is 37.1 Å². The Kier molecular flexibility index (Phi) is 6.96. The zero-order chi connectivity index (χ0) is 18.9. The van der Waals surface area contributed by atoms with Gasteiger partial charge in [-0.1, -0.05) is 58.8 Å². The lowest BCUT2D eigenvalue weighted by Gasteiger charge is -2.09. The number of benzene rings is 2. The van der Waals surface area contributed by atoms with E-state index < -0.39 is 0 Å². The molecule has 0 saturated carbocycles. The highest BCUT2D eigenvalue weighted by Gasteiger charge is 2.23. The van der Waals surface area contributed by atoms with Crippen molar-refractivity contribution in [2.24, 2.45) is 21.8 Å². The number of hydrogen-bond donors (Lipinski definition) is 2. The van der Waals surface area contributed by atoms with E-state index in [9.17, 15) is 0 Å². The maximum atomic E-state index is 5.54. The van der Waals surface area contributed by atoms with Crippen LogP contribution in [0.3, 0.4) is 0 Å². The highest BCUT2D eigenvalue weighted by molar-refractivity contribution is 6.24. The summed E-state index contributed by atoms with van der Waals surface area (Å²) in [5, 5.41) is 8.81. The van der Waals surface area contributed by atoms with Crippen LogP contribution in [0.2, 0.25) is 0 Å². The normalized spacial score (nSPS) is 15.9. The van der Waals surface area contributed by atoms with Gasteiger partial charge in [-0.25, -0.2) is 0 Å². The minimum Gasteiger partial charge on any atom is -0.396 e. The summed E-state index contributed by atoms with van der Waals surface area (Å²) < 4.78 is 0. The van der Waals surface area contributed by atoms with Crippen molar-refractivity contribution in [1.82, 2.24) is 0 Å². The lowest BCUT2D eigenvalue weighted by Crippen LogP contribution is -2.11. The zero-order valence-electron chi connectivity index (χ0n) is 15.4. The average Bonchev–Trinajstić information content (AvgIpc) is 2.84. The molecule has 27 heavy (non-hydrogen) atoms. The first-order chi connectivity index (χ1) is 13.3. The van der Waals surface area contributed by atoms with Gasteiger partial charge in [-0.3, -0.25) is 0 Å². The number of oxime groups is 2. The molecule has 1 aliphatic carbocycles. The number of rotatable bonds is 8. The van der Waals surface area contributed by atoms with Crippen molar-refractivity contribution in [3.63, 3.8) is 0 Å². The Labute approximate surface area is 159 Å². The molecule has 0 spiro atoms. The molecule has 142 valence electrons. The third-order valence-corrected chi connectivity index (χ3v) is 4.33. The van der Waals surface area contributed by atoms with E-state index in [2.05, 4.69) is 34.6 Å². The molecular weight excluding hydrogens is 340 g/mol. The molecule has 0 heterocycles. The number of fused-ring (bicyclic) bond motifs is 3. The lowest BCUT2D eigenvalue weighted by atomic mass is 9.96. The van der Waals surface area contributed by atoms with E-state index in [1.54, 1.807) is 0 Å². The molecule has 0 saturated heterocycles. The molecule has 2 aromatic carbocycles. The molecule has 0 amide bonds. The molecule has 6 heteroatoms. The largest absolute Gasteiger partial charge is 0.396 e. The predicted molar refractivity (Wildman–Crippen MR) is 109 cm³/mol. The Morgan fingerprint density at radius 3 is 1.48 bits per heavy atom. The van der Waals surface area contributed by atoms with E-state index in [0.717, 1.165) is 46.5 Å². The molecule has 0 atom stereocenters. The summed E-state index contributed by atoms with van der Waals surface area (Å²) >= 11 is 0. The number of nitrogens with two attached hydrogens (primary N) is 2. The second kappa shape index (κ2) is 9.85. The molecule has 6 nitrogen and oxygen atoms in total. The quantitative estimate of drug-likeness (QED) is 0.555. The minimum absolute atomic E-state index is 0.495. The zero-order valence-corrected chi connectivity index (χ0v) is 15.4. The summed E-state index contributed by atoms with van der Waals surface area (Å²) in [6, 6.07) is 16.4. The van der Waals surface area contributed by atoms with E-state index in [1.807, 2.05) is 24.3 Å². The van der Waals surface area contributed by atoms with Gasteiger partial charge in [-0.15, -0.1) is 0 Å². The summed E-state index contributed by atoms with van der Waals surface area (Å²) in [5.41, 5.74) is 17.1. The van der Waals surface area contributed by atoms with Crippen molar-refractivity contribution in [3.05, 3.63) is 59.7 Å². The molecule has 4 N–H and O–H groups in total. The van der Waals surface area contributed by atoms with Crippen LogP contribution in [0.5, 0.6) is 0 Å². The SMILES string of the molecule is NCCCON=C1CC(=NOCCCN)c2ccccc2-c2ccccc21. The van der Waals surface area contributed by atoms with Crippen LogP contribution in [0.4, 0.5) is 0 Å². The maximum absolute atomic E-state index is 5.54. The monoisotopic (exact) mass is 366 g/mol. The average molecular weight is 366 g/mol. The highest BCUT2D eigenvalue weighted by Crippen LogP contribution is 2.33. The van der Waals surface area contributed by atoms with Crippen LogP contribution in [0.25, 0.3) is 11.1 Å². The fraction of sp³-hybridized carbons (Fsp3) is 0.333. The summed E-state index contributed by atoms with van der Waals surface area (Å²) in [6.45, 7) is 2.15. The van der Waals surface area contributed by atoms with E-state index in [4.69, 9.17) is 21.1 Å². The minimum atomic E-state index is 0.495. The van der Waals surface area contributed by atoms with Gasteiger partial charge in [-0.2, -0.15) is 0 Å². The molecule has 0 fully saturated rings. The fourth-order valence-electron chi connectivity index (χ4n) is 2.99. The van der Waals surface area contributed by atoms with Crippen LogP contribution in [0.1, 0.15) is 30.4 Å². The van der Waals surface area contributed by atoms with Crippen LogP contribution in [-0.2, 0) is 9.68 Å². The first-order valence-corrected chi connectivity index (χ1v) is 9.32. The van der Waals surface area contributed by atoms with Crippen molar-refractivity contribution >= 4 is 11.4 Å². The molecule has 0 aliphatic heterocycles. The molecule has 0 radical (unpaired) electrons. The van der Waals surface area contributed by atoms with Gasteiger partial charge in [0.1, 0.15) is 13.2 Å². The first kappa shape index (κ1) is 19.1. The number of nitrogens with zero attached hydrogens (tertiary/aromatic N) is 2. The van der Waals surface area contributed by atoms with Gasteiger partial charge in [0.15, 0.2) is 0 Å². The topological polar surface area (TPSA) is 95.2 Å². The van der Waals surface area contributed by atoms with E-state index >= 15 is 0 Å². The van der Waals surface area contributed by atoms with Gasteiger partial charge >= 0.3 is 0 Å². The van der Waals surface area contributed by atoms with Crippen molar-refractivity contribution in [3.8, 4) is 11.1 Å². The van der Waals surface area contributed by atoms with Crippen molar-refractivity contribution < 1.29 is 9.68 Å². The predicted octanol–water partition coefficient (Wildman–Crippen LogP) is 2.90. The Morgan fingerprint density at radius 1 is 0.667 bits per heavy atom. The van der Waals surface area contributed by atoms with Crippen LogP contribution in [0, 0.1) is 0 Å². The van der Waals surface area contributed by atoms with Gasteiger partial charge < -0.3 is 21.1 Å². The third kappa shape index (κ3) is 4.72. The Bertz CT molecular complexity index is 750. The molecular formula is C21H26N4O2. The smallest absolute Gasteiger partial charge is 0.118 e. The van der Waals surface area contributed by atoms with Gasteiger partial charge in [0.2, 0.25) is 0 Å². The summed E-state index contributed by atoms with van der Waals surface area (Å²) in [7, 11) is 0. The molecule has 3 rings (SSSR count). The van der Waals surface area contributed by atoms with E-state index in [1.165, 1.54) is 0 Å². The molecule has 0 unspecified atom stereocenters. The number of hydrogen-bond acceptors (Lipinski definition) is 6. The molecule has 1 aliphatic rings. The molecule has 0 aromatic heterocycles. The van der Waals surface area contributed by atoms with Crippen molar-refractivity contribution in [2.75, 3.05) is 26.3 Å². The van der Waals surface area contributed by atoms with E-state index in [0.29, 0.717) is 32.7 Å². The Morgan fingerprint density at radius 2 is 1.07 bits per heavy atom. The second-order valence-corrected chi connectivity index (χ2v) is 6.29. The summed E-state index contributed by atoms with van der Waals surface area (Å²) in [5.74, 6) is 0. The second-order valence-electron chi connectivity index (χ2n) is 6.29. The van der Waals surface area contributed by atoms with Crippen LogP contribution < -0.4 is 11.5 Å². The molecule has 0 bridgehead atoms.